The first-order valence-corrected chi connectivity index (χ1v) is 13.3. The Morgan fingerprint density at radius 1 is 1.11 bits per heavy atom. The lowest BCUT2D eigenvalue weighted by molar-refractivity contribution is -0.182. The number of aliphatic carboxylic acids is 1. The van der Waals surface area contributed by atoms with Crippen LogP contribution in [0.2, 0.25) is 0 Å². The summed E-state index contributed by atoms with van der Waals surface area (Å²) >= 11 is 0. The van der Waals surface area contributed by atoms with Gasteiger partial charge in [0.05, 0.1) is 17.9 Å². The lowest BCUT2D eigenvalue weighted by atomic mass is 9.46. The molecule has 0 saturated heterocycles. The van der Waals surface area contributed by atoms with Crippen LogP contribution in [0.5, 0.6) is 0 Å². The van der Waals surface area contributed by atoms with Crippen LogP contribution in [0.3, 0.4) is 0 Å². The Kier molecular flexibility index (Phi) is 6.35. The number of carbonyl (C=O) groups excluding carboxylic acids is 3. The highest BCUT2D eigenvalue weighted by Gasteiger charge is 2.68. The average molecular weight is 513 g/mol. The molecule has 0 radical (unpaired) electrons. The Hall–Kier alpha value is -2.58. The van der Waals surface area contributed by atoms with E-state index in [-0.39, 0.29) is 49.2 Å². The normalized spacial score (nSPS) is 44.3. The zero-order valence-corrected chi connectivity index (χ0v) is 21.4. The van der Waals surface area contributed by atoms with Gasteiger partial charge >= 0.3 is 11.9 Å². The van der Waals surface area contributed by atoms with Crippen LogP contribution < -0.4 is 0 Å². The molecule has 0 aromatic heterocycles. The summed E-state index contributed by atoms with van der Waals surface area (Å²) in [5, 5.41) is 32.7. The SMILES string of the molecule is C[C@]12C=CC(=O)C=C1CC[C@@H]1C2[C@@H](O)C[C@@]2(C)[C@H]1CC[C@]2(O)C(=O)COC(=O)C1CC=CCC1C(=O)O. The first kappa shape index (κ1) is 26.0. The highest BCUT2D eigenvalue weighted by atomic mass is 16.5. The number of carbonyl (C=O) groups is 4. The third-order valence-corrected chi connectivity index (χ3v) is 10.5. The summed E-state index contributed by atoms with van der Waals surface area (Å²) in [7, 11) is 0. The lowest BCUT2D eigenvalue weighted by Crippen LogP contribution is -2.61. The quantitative estimate of drug-likeness (QED) is 0.378. The number of fused-ring (bicyclic) bond motifs is 5. The van der Waals surface area contributed by atoms with E-state index in [0.29, 0.717) is 6.42 Å². The Labute approximate surface area is 216 Å². The van der Waals surface area contributed by atoms with E-state index in [4.69, 9.17) is 4.74 Å². The van der Waals surface area contributed by atoms with Crippen molar-refractivity contribution in [3.63, 3.8) is 0 Å². The Balaban J connectivity index is 1.33. The van der Waals surface area contributed by atoms with Gasteiger partial charge in [-0.15, -0.1) is 0 Å². The van der Waals surface area contributed by atoms with Gasteiger partial charge in [0.25, 0.3) is 0 Å². The predicted molar refractivity (Wildman–Crippen MR) is 132 cm³/mol. The van der Waals surface area contributed by atoms with Crippen molar-refractivity contribution < 1.29 is 39.2 Å². The fraction of sp³-hybridized carbons (Fsp3) is 0.655. The molecule has 5 aliphatic rings. The van der Waals surface area contributed by atoms with Crippen LogP contribution in [0.1, 0.15) is 58.8 Å². The van der Waals surface area contributed by atoms with Crippen molar-refractivity contribution in [3.05, 3.63) is 36.0 Å². The molecule has 8 heteroatoms. The molecule has 0 amide bonds. The maximum absolute atomic E-state index is 13.4. The van der Waals surface area contributed by atoms with E-state index in [2.05, 4.69) is 6.92 Å². The molecule has 9 atom stereocenters. The minimum Gasteiger partial charge on any atom is -0.481 e. The lowest BCUT2D eigenvalue weighted by Gasteiger charge is -2.59. The predicted octanol–water partition coefficient (Wildman–Crippen LogP) is 2.78. The molecule has 5 rings (SSSR count). The first-order valence-electron chi connectivity index (χ1n) is 13.3. The molecule has 0 aromatic rings. The fourth-order valence-corrected chi connectivity index (χ4v) is 8.50. The number of ketones is 2. The summed E-state index contributed by atoms with van der Waals surface area (Å²) in [6.45, 7) is 3.31. The van der Waals surface area contributed by atoms with Gasteiger partial charge in [-0.3, -0.25) is 19.2 Å². The molecule has 3 saturated carbocycles. The molecule has 3 unspecified atom stereocenters. The highest BCUT2D eigenvalue weighted by Crippen LogP contribution is 2.67. The monoisotopic (exact) mass is 512 g/mol. The second kappa shape index (κ2) is 9.02. The van der Waals surface area contributed by atoms with Crippen LogP contribution >= 0.6 is 0 Å². The third-order valence-electron chi connectivity index (χ3n) is 10.5. The fourth-order valence-electron chi connectivity index (χ4n) is 8.50. The van der Waals surface area contributed by atoms with Gasteiger partial charge in [0, 0.05) is 16.7 Å². The van der Waals surface area contributed by atoms with Crippen molar-refractivity contribution in [2.45, 2.75) is 70.5 Å². The van der Waals surface area contributed by atoms with E-state index in [1.807, 2.05) is 13.0 Å². The summed E-state index contributed by atoms with van der Waals surface area (Å²) in [4.78, 5) is 49.7. The van der Waals surface area contributed by atoms with Crippen molar-refractivity contribution in [2.75, 3.05) is 6.61 Å². The molecular formula is C29H36O8. The Morgan fingerprint density at radius 3 is 2.51 bits per heavy atom. The Bertz CT molecular complexity index is 1120. The minimum absolute atomic E-state index is 0.00479. The van der Waals surface area contributed by atoms with E-state index in [1.165, 1.54) is 0 Å². The number of hydrogen-bond donors (Lipinski definition) is 3. The summed E-state index contributed by atoms with van der Waals surface area (Å²) in [6, 6.07) is 0. The van der Waals surface area contributed by atoms with Gasteiger partial charge in [-0.05, 0) is 68.9 Å². The Morgan fingerprint density at radius 2 is 1.81 bits per heavy atom. The molecule has 3 fully saturated rings. The van der Waals surface area contributed by atoms with Crippen molar-refractivity contribution in [3.8, 4) is 0 Å². The van der Waals surface area contributed by atoms with Gasteiger partial charge in [-0.1, -0.05) is 37.6 Å². The highest BCUT2D eigenvalue weighted by molar-refractivity contribution is 6.01. The summed E-state index contributed by atoms with van der Waals surface area (Å²) < 4.78 is 5.30. The van der Waals surface area contributed by atoms with Crippen LogP contribution in [-0.2, 0) is 23.9 Å². The first-order chi connectivity index (χ1) is 17.4. The van der Waals surface area contributed by atoms with Crippen LogP contribution in [0.4, 0.5) is 0 Å². The molecule has 200 valence electrons. The number of allylic oxidation sites excluding steroid dienone is 6. The number of ether oxygens (including phenoxy) is 1. The summed E-state index contributed by atoms with van der Waals surface area (Å²) in [6.07, 6.45) is 10.9. The van der Waals surface area contributed by atoms with Crippen LogP contribution in [0.15, 0.2) is 36.0 Å². The number of esters is 1. The number of Topliss-reactive ketones (excluding diaryl/α,β-unsaturated/α-hetero) is 1. The zero-order valence-electron chi connectivity index (χ0n) is 21.4. The number of aliphatic hydroxyl groups is 2. The number of carboxylic acid groups (broad SMARTS) is 1. The second-order valence-electron chi connectivity index (χ2n) is 12.1. The van der Waals surface area contributed by atoms with Crippen molar-refractivity contribution in [1.29, 1.82) is 0 Å². The molecule has 0 heterocycles. The van der Waals surface area contributed by atoms with Crippen LogP contribution in [0, 0.1) is 40.4 Å². The van der Waals surface area contributed by atoms with Gasteiger partial charge in [0.2, 0.25) is 5.78 Å². The maximum Gasteiger partial charge on any atom is 0.310 e. The third kappa shape index (κ3) is 3.86. The largest absolute Gasteiger partial charge is 0.481 e. The van der Waals surface area contributed by atoms with Gasteiger partial charge in [-0.2, -0.15) is 0 Å². The summed E-state index contributed by atoms with van der Waals surface area (Å²) in [5.41, 5.74) is -2.04. The number of rotatable bonds is 5. The van der Waals surface area contributed by atoms with Gasteiger partial charge in [0.15, 0.2) is 12.4 Å². The molecule has 0 spiro atoms. The molecule has 0 bridgehead atoms. The standard InChI is InChI=1S/C29H36O8/c1-27-11-9-17(30)13-16(27)7-8-20-21-10-12-29(36,28(21,2)14-22(31)24(20)27)23(32)15-37-26(35)19-6-4-3-5-18(19)25(33)34/h3-4,9,11,13,18-22,24,31,36H,5-8,10,12,14-15H2,1-2H3,(H,33,34)/t18?,19?,20-,21-,22-,24?,27-,28-,29-/m0/s1. The van der Waals surface area contributed by atoms with E-state index < -0.39 is 58.7 Å². The van der Waals surface area contributed by atoms with Gasteiger partial charge < -0.3 is 20.1 Å². The summed E-state index contributed by atoms with van der Waals surface area (Å²) in [5.74, 6) is -4.26. The van der Waals surface area contributed by atoms with E-state index in [1.54, 1.807) is 24.3 Å². The maximum atomic E-state index is 13.4. The van der Waals surface area contributed by atoms with E-state index in [9.17, 15) is 34.5 Å². The van der Waals surface area contributed by atoms with Crippen LogP contribution in [-0.4, -0.2) is 57.1 Å². The van der Waals surface area contributed by atoms with E-state index >= 15 is 0 Å². The topological polar surface area (TPSA) is 138 Å². The molecule has 0 aromatic carbocycles. The van der Waals surface area contributed by atoms with Crippen LogP contribution in [0.25, 0.3) is 0 Å². The molecule has 8 nitrogen and oxygen atoms in total. The molecular weight excluding hydrogens is 476 g/mol. The second-order valence-corrected chi connectivity index (χ2v) is 12.1. The average Bonchev–Trinajstić information content (AvgIpc) is 3.13. The van der Waals surface area contributed by atoms with E-state index in [0.717, 1.165) is 18.4 Å². The smallest absolute Gasteiger partial charge is 0.310 e. The molecule has 37 heavy (non-hydrogen) atoms. The van der Waals surface area contributed by atoms with Crippen molar-refractivity contribution in [2.24, 2.45) is 40.4 Å². The minimum atomic E-state index is -1.75. The van der Waals surface area contributed by atoms with Crippen molar-refractivity contribution in [1.82, 2.24) is 0 Å². The van der Waals surface area contributed by atoms with Crippen molar-refractivity contribution >= 4 is 23.5 Å². The zero-order chi connectivity index (χ0) is 26.8. The molecule has 5 aliphatic carbocycles. The van der Waals surface area contributed by atoms with Gasteiger partial charge in [-0.25, -0.2) is 0 Å². The number of aliphatic hydroxyl groups excluding tert-OH is 1. The molecule has 0 aliphatic heterocycles. The van der Waals surface area contributed by atoms with Gasteiger partial charge in [0.1, 0.15) is 5.60 Å². The number of carboxylic acids is 1. The molecule has 3 N–H and O–H groups in total. The number of hydrogen-bond acceptors (Lipinski definition) is 7.